The lowest BCUT2D eigenvalue weighted by atomic mass is 10.2. The summed E-state index contributed by atoms with van der Waals surface area (Å²) in [6, 6.07) is 10.0. The van der Waals surface area contributed by atoms with E-state index in [4.69, 9.17) is 27.9 Å². The van der Waals surface area contributed by atoms with Crippen LogP contribution in [0.3, 0.4) is 0 Å². The quantitative estimate of drug-likeness (QED) is 0.700. The number of hydrogen-bond donors (Lipinski definition) is 0. The highest BCUT2D eigenvalue weighted by Crippen LogP contribution is 2.33. The van der Waals surface area contributed by atoms with Crippen molar-refractivity contribution in [1.29, 1.82) is 0 Å². The van der Waals surface area contributed by atoms with Crippen molar-refractivity contribution in [1.82, 2.24) is 0 Å². The molecule has 2 aromatic carbocycles. The average Bonchev–Trinajstić information content (AvgIpc) is 2.33. The zero-order valence-electron chi connectivity index (χ0n) is 8.99. The second kappa shape index (κ2) is 5.74. The molecule has 0 fully saturated rings. The highest BCUT2D eigenvalue weighted by atomic mass is 79.9. The largest absolute Gasteiger partial charge is 0.455 e. The zero-order chi connectivity index (χ0) is 13.1. The van der Waals surface area contributed by atoms with E-state index in [9.17, 15) is 4.79 Å². The van der Waals surface area contributed by atoms with Gasteiger partial charge in [-0.2, -0.15) is 0 Å². The first-order chi connectivity index (χ1) is 8.60. The number of benzene rings is 2. The first-order valence-electron chi connectivity index (χ1n) is 4.98. The van der Waals surface area contributed by atoms with Gasteiger partial charge in [-0.15, -0.1) is 0 Å². The maximum absolute atomic E-state index is 10.9. The molecule has 0 aromatic heterocycles. The molecular weight excluding hydrogens is 339 g/mol. The van der Waals surface area contributed by atoms with Gasteiger partial charge in [-0.1, -0.05) is 39.1 Å². The summed E-state index contributed by atoms with van der Waals surface area (Å²) in [5, 5.41) is 0.935. The van der Waals surface area contributed by atoms with E-state index in [2.05, 4.69) is 15.9 Å². The van der Waals surface area contributed by atoms with Crippen molar-refractivity contribution in [2.75, 3.05) is 0 Å². The van der Waals surface area contributed by atoms with Gasteiger partial charge in [0.1, 0.15) is 11.5 Å². The number of aldehydes is 1. The van der Waals surface area contributed by atoms with E-state index >= 15 is 0 Å². The SMILES string of the molecule is O=Cc1ccc(Cl)cc1Oc1ccc(Br)cc1Cl. The van der Waals surface area contributed by atoms with Gasteiger partial charge in [-0.3, -0.25) is 4.79 Å². The summed E-state index contributed by atoms with van der Waals surface area (Å²) in [6.07, 6.45) is 0.707. The van der Waals surface area contributed by atoms with Gasteiger partial charge in [0, 0.05) is 15.6 Å². The van der Waals surface area contributed by atoms with Crippen molar-refractivity contribution < 1.29 is 9.53 Å². The van der Waals surface area contributed by atoms with Gasteiger partial charge < -0.3 is 4.74 Å². The third-order valence-corrected chi connectivity index (χ3v) is 3.24. The smallest absolute Gasteiger partial charge is 0.153 e. The van der Waals surface area contributed by atoms with Crippen molar-refractivity contribution in [2.24, 2.45) is 0 Å². The fourth-order valence-corrected chi connectivity index (χ4v) is 2.24. The minimum Gasteiger partial charge on any atom is -0.455 e. The van der Waals surface area contributed by atoms with Crippen LogP contribution in [-0.2, 0) is 0 Å². The van der Waals surface area contributed by atoms with E-state index in [-0.39, 0.29) is 0 Å². The number of ether oxygens (including phenoxy) is 1. The molecule has 0 spiro atoms. The van der Waals surface area contributed by atoms with E-state index in [0.29, 0.717) is 33.4 Å². The number of hydrogen-bond acceptors (Lipinski definition) is 2. The van der Waals surface area contributed by atoms with Gasteiger partial charge in [0.05, 0.1) is 10.6 Å². The second-order valence-corrected chi connectivity index (χ2v) is 5.24. The second-order valence-electron chi connectivity index (χ2n) is 3.48. The van der Waals surface area contributed by atoms with Crippen molar-refractivity contribution >= 4 is 45.4 Å². The maximum atomic E-state index is 10.9. The number of halogens is 3. The molecule has 0 aliphatic rings. The van der Waals surface area contributed by atoms with Crippen LogP contribution >= 0.6 is 39.1 Å². The molecule has 92 valence electrons. The molecule has 0 radical (unpaired) electrons. The number of rotatable bonds is 3. The van der Waals surface area contributed by atoms with Crippen LogP contribution in [-0.4, -0.2) is 6.29 Å². The highest BCUT2D eigenvalue weighted by Gasteiger charge is 2.08. The molecule has 0 atom stereocenters. The normalized spacial score (nSPS) is 10.2. The zero-order valence-corrected chi connectivity index (χ0v) is 12.1. The molecule has 2 nitrogen and oxygen atoms in total. The van der Waals surface area contributed by atoms with Gasteiger partial charge in [0.25, 0.3) is 0 Å². The summed E-state index contributed by atoms with van der Waals surface area (Å²) in [5.74, 6) is 0.840. The van der Waals surface area contributed by atoms with Crippen LogP contribution in [0.4, 0.5) is 0 Å². The summed E-state index contributed by atoms with van der Waals surface area (Å²) in [6.45, 7) is 0. The van der Waals surface area contributed by atoms with E-state index in [1.165, 1.54) is 0 Å². The molecule has 2 rings (SSSR count). The van der Waals surface area contributed by atoms with Crippen molar-refractivity contribution in [3.8, 4) is 11.5 Å². The Hall–Kier alpha value is -1.03. The lowest BCUT2D eigenvalue weighted by Gasteiger charge is -2.10. The van der Waals surface area contributed by atoms with Crippen LogP contribution < -0.4 is 4.74 Å². The van der Waals surface area contributed by atoms with Crippen LogP contribution in [0.5, 0.6) is 11.5 Å². The van der Waals surface area contributed by atoms with Crippen LogP contribution in [0.2, 0.25) is 10.0 Å². The highest BCUT2D eigenvalue weighted by molar-refractivity contribution is 9.10. The van der Waals surface area contributed by atoms with E-state index in [1.54, 1.807) is 36.4 Å². The summed E-state index contributed by atoms with van der Waals surface area (Å²) in [5.41, 5.74) is 0.415. The molecule has 0 aliphatic carbocycles. The summed E-state index contributed by atoms with van der Waals surface area (Å²) in [4.78, 5) is 10.9. The molecule has 0 aliphatic heterocycles. The van der Waals surface area contributed by atoms with Gasteiger partial charge in [-0.05, 0) is 30.3 Å². The van der Waals surface area contributed by atoms with Gasteiger partial charge in [0.2, 0.25) is 0 Å². The third kappa shape index (κ3) is 3.05. The fraction of sp³-hybridized carbons (Fsp3) is 0. The van der Waals surface area contributed by atoms with Crippen LogP contribution in [0.25, 0.3) is 0 Å². The van der Waals surface area contributed by atoms with Crippen molar-refractivity contribution in [3.05, 3.63) is 56.5 Å². The third-order valence-electron chi connectivity index (χ3n) is 2.22. The first kappa shape index (κ1) is 13.4. The fourth-order valence-electron chi connectivity index (χ4n) is 1.37. The molecular formula is C13H7BrCl2O2. The van der Waals surface area contributed by atoms with Gasteiger partial charge >= 0.3 is 0 Å². The average molecular weight is 346 g/mol. The molecule has 0 saturated carbocycles. The first-order valence-corrected chi connectivity index (χ1v) is 6.52. The van der Waals surface area contributed by atoms with Crippen molar-refractivity contribution in [3.63, 3.8) is 0 Å². The Morgan fingerprint density at radius 1 is 1.06 bits per heavy atom. The molecule has 0 saturated heterocycles. The lowest BCUT2D eigenvalue weighted by molar-refractivity contribution is 0.112. The van der Waals surface area contributed by atoms with Crippen LogP contribution in [0.15, 0.2) is 40.9 Å². The standard InChI is InChI=1S/C13H7BrCl2O2/c14-9-2-4-12(11(16)5-9)18-13-6-10(15)3-1-8(13)7-17/h1-7H. The Bertz CT molecular complexity index is 600. The molecule has 2 aromatic rings. The predicted octanol–water partition coefficient (Wildman–Crippen LogP) is 5.36. The van der Waals surface area contributed by atoms with E-state index in [1.807, 2.05) is 0 Å². The van der Waals surface area contributed by atoms with E-state index < -0.39 is 0 Å². The monoisotopic (exact) mass is 344 g/mol. The Labute approximate surface area is 123 Å². The topological polar surface area (TPSA) is 26.3 Å². The summed E-state index contributed by atoms with van der Waals surface area (Å²) >= 11 is 15.2. The molecule has 0 unspecified atom stereocenters. The van der Waals surface area contributed by atoms with Crippen LogP contribution in [0, 0.1) is 0 Å². The number of carbonyl (C=O) groups excluding carboxylic acids is 1. The summed E-state index contributed by atoms with van der Waals surface area (Å²) in [7, 11) is 0. The Morgan fingerprint density at radius 2 is 1.83 bits per heavy atom. The Balaban J connectivity index is 2.39. The molecule has 0 bridgehead atoms. The summed E-state index contributed by atoms with van der Waals surface area (Å²) < 4.78 is 6.45. The van der Waals surface area contributed by atoms with E-state index in [0.717, 1.165) is 4.47 Å². The lowest BCUT2D eigenvalue weighted by Crippen LogP contribution is -1.91. The predicted molar refractivity (Wildman–Crippen MR) is 76.1 cm³/mol. The molecule has 0 amide bonds. The maximum Gasteiger partial charge on any atom is 0.153 e. The van der Waals surface area contributed by atoms with Gasteiger partial charge in [-0.25, -0.2) is 0 Å². The molecule has 0 heterocycles. The molecule has 0 N–H and O–H groups in total. The minimum absolute atomic E-state index is 0.377. The Morgan fingerprint density at radius 3 is 2.50 bits per heavy atom. The minimum atomic E-state index is 0.377. The Kier molecular flexibility index (Phi) is 4.27. The van der Waals surface area contributed by atoms with Crippen molar-refractivity contribution in [2.45, 2.75) is 0 Å². The van der Waals surface area contributed by atoms with Crippen LogP contribution in [0.1, 0.15) is 10.4 Å². The van der Waals surface area contributed by atoms with Gasteiger partial charge in [0.15, 0.2) is 6.29 Å². The number of carbonyl (C=O) groups is 1. The molecule has 5 heteroatoms. The molecule has 18 heavy (non-hydrogen) atoms.